The van der Waals surface area contributed by atoms with Gasteiger partial charge in [0.15, 0.2) is 0 Å². The van der Waals surface area contributed by atoms with Crippen LogP contribution in [0.5, 0.6) is 11.6 Å². The lowest BCUT2D eigenvalue weighted by molar-refractivity contribution is 0.461. The molecule has 7 heteroatoms. The van der Waals surface area contributed by atoms with Crippen LogP contribution in [0.2, 0.25) is 0 Å². The molecule has 0 aliphatic rings. The molecule has 19 heavy (non-hydrogen) atoms. The van der Waals surface area contributed by atoms with Crippen LogP contribution in [0.4, 0.5) is 0 Å². The SMILES string of the molecule is NCc1cccc(Oc2ccc(S(N)(=O)=O)cn2)c1. The van der Waals surface area contributed by atoms with Gasteiger partial charge in [0.05, 0.1) is 6.20 Å². The molecule has 2 rings (SSSR count). The average Bonchev–Trinajstić information content (AvgIpc) is 2.38. The van der Waals surface area contributed by atoms with Crippen molar-refractivity contribution >= 4 is 10.0 Å². The third-order valence-corrected chi connectivity index (χ3v) is 3.29. The highest BCUT2D eigenvalue weighted by Crippen LogP contribution is 2.21. The lowest BCUT2D eigenvalue weighted by Gasteiger charge is -2.06. The number of benzene rings is 1. The van der Waals surface area contributed by atoms with Crippen molar-refractivity contribution in [3.8, 4) is 11.6 Å². The van der Waals surface area contributed by atoms with Gasteiger partial charge in [-0.05, 0) is 23.8 Å². The molecule has 0 aliphatic carbocycles. The van der Waals surface area contributed by atoms with Gasteiger partial charge in [-0.1, -0.05) is 12.1 Å². The van der Waals surface area contributed by atoms with E-state index in [0.717, 1.165) is 11.8 Å². The predicted octanol–water partition coefficient (Wildman–Crippen LogP) is 0.980. The quantitative estimate of drug-likeness (QED) is 0.867. The van der Waals surface area contributed by atoms with Crippen molar-refractivity contribution in [3.63, 3.8) is 0 Å². The maximum Gasteiger partial charge on any atom is 0.239 e. The Morgan fingerprint density at radius 2 is 2.00 bits per heavy atom. The van der Waals surface area contributed by atoms with Crippen LogP contribution in [0.3, 0.4) is 0 Å². The Kier molecular flexibility index (Phi) is 3.79. The number of hydrogen-bond acceptors (Lipinski definition) is 5. The van der Waals surface area contributed by atoms with E-state index < -0.39 is 10.0 Å². The normalized spacial score (nSPS) is 11.3. The van der Waals surface area contributed by atoms with Crippen LogP contribution in [0.25, 0.3) is 0 Å². The fourth-order valence-corrected chi connectivity index (χ4v) is 1.91. The minimum atomic E-state index is -3.74. The monoisotopic (exact) mass is 279 g/mol. The van der Waals surface area contributed by atoms with Crippen LogP contribution in [0.1, 0.15) is 5.56 Å². The van der Waals surface area contributed by atoms with Gasteiger partial charge in [0.2, 0.25) is 15.9 Å². The van der Waals surface area contributed by atoms with Gasteiger partial charge in [-0.25, -0.2) is 18.5 Å². The van der Waals surface area contributed by atoms with Crippen LogP contribution in [-0.4, -0.2) is 13.4 Å². The van der Waals surface area contributed by atoms with E-state index >= 15 is 0 Å². The van der Waals surface area contributed by atoms with E-state index in [1.807, 2.05) is 12.1 Å². The molecule has 6 nitrogen and oxygen atoms in total. The molecular weight excluding hydrogens is 266 g/mol. The van der Waals surface area contributed by atoms with Gasteiger partial charge in [-0.3, -0.25) is 0 Å². The van der Waals surface area contributed by atoms with Gasteiger partial charge in [0.25, 0.3) is 0 Å². The molecule has 1 aromatic heterocycles. The molecule has 0 unspecified atom stereocenters. The lowest BCUT2D eigenvalue weighted by atomic mass is 10.2. The molecule has 100 valence electrons. The van der Waals surface area contributed by atoms with Gasteiger partial charge in [0, 0.05) is 12.6 Å². The molecule has 1 aromatic carbocycles. The minimum absolute atomic E-state index is 0.0597. The molecule has 0 saturated carbocycles. The summed E-state index contributed by atoms with van der Waals surface area (Å²) < 4.78 is 27.6. The first-order chi connectivity index (χ1) is 8.99. The van der Waals surface area contributed by atoms with Gasteiger partial charge in [-0.15, -0.1) is 0 Å². The smallest absolute Gasteiger partial charge is 0.239 e. The van der Waals surface area contributed by atoms with Crippen molar-refractivity contribution < 1.29 is 13.2 Å². The highest BCUT2D eigenvalue weighted by atomic mass is 32.2. The summed E-state index contributed by atoms with van der Waals surface area (Å²) in [4.78, 5) is 3.82. The zero-order valence-corrected chi connectivity index (χ0v) is 10.8. The van der Waals surface area contributed by atoms with Crippen molar-refractivity contribution in [1.82, 2.24) is 4.98 Å². The molecule has 0 amide bonds. The maximum absolute atomic E-state index is 11.1. The molecule has 2 aromatic rings. The van der Waals surface area contributed by atoms with Crippen molar-refractivity contribution in [1.29, 1.82) is 0 Å². The molecule has 0 aliphatic heterocycles. The molecular formula is C12H13N3O3S. The fraction of sp³-hybridized carbons (Fsp3) is 0.0833. The molecule has 0 radical (unpaired) electrons. The van der Waals surface area contributed by atoms with E-state index in [4.69, 9.17) is 15.6 Å². The summed E-state index contributed by atoms with van der Waals surface area (Å²) in [5.41, 5.74) is 6.46. The largest absolute Gasteiger partial charge is 0.439 e. The number of primary sulfonamides is 1. The number of nitrogens with two attached hydrogens (primary N) is 2. The lowest BCUT2D eigenvalue weighted by Crippen LogP contribution is -2.12. The maximum atomic E-state index is 11.1. The Morgan fingerprint density at radius 3 is 2.58 bits per heavy atom. The Hall–Kier alpha value is -1.96. The Labute approximate surface area is 111 Å². The van der Waals surface area contributed by atoms with E-state index in [2.05, 4.69) is 4.98 Å². The molecule has 0 spiro atoms. The zero-order chi connectivity index (χ0) is 13.9. The second-order valence-corrected chi connectivity index (χ2v) is 5.39. The third-order valence-electron chi connectivity index (χ3n) is 2.39. The highest BCUT2D eigenvalue weighted by molar-refractivity contribution is 7.89. The van der Waals surface area contributed by atoms with Gasteiger partial charge in [0.1, 0.15) is 10.6 Å². The van der Waals surface area contributed by atoms with Crippen molar-refractivity contribution in [2.75, 3.05) is 0 Å². The number of nitrogens with zero attached hydrogens (tertiary/aromatic N) is 1. The van der Waals surface area contributed by atoms with Gasteiger partial charge < -0.3 is 10.5 Å². The number of ether oxygens (including phenoxy) is 1. The average molecular weight is 279 g/mol. The van der Waals surface area contributed by atoms with Crippen molar-refractivity contribution in [3.05, 3.63) is 48.2 Å². The van der Waals surface area contributed by atoms with Crippen molar-refractivity contribution in [2.24, 2.45) is 10.9 Å². The number of rotatable bonds is 4. The standard InChI is InChI=1S/C12H13N3O3S/c13-7-9-2-1-3-10(6-9)18-12-5-4-11(8-15-12)19(14,16)17/h1-6,8H,7,13H2,(H2,14,16,17). The fourth-order valence-electron chi connectivity index (χ4n) is 1.45. The molecule has 1 heterocycles. The van der Waals surface area contributed by atoms with Gasteiger partial charge in [-0.2, -0.15) is 0 Å². The predicted molar refractivity (Wildman–Crippen MR) is 70.0 cm³/mol. The van der Waals surface area contributed by atoms with Crippen molar-refractivity contribution in [2.45, 2.75) is 11.4 Å². The summed E-state index contributed by atoms with van der Waals surface area (Å²) in [6, 6.07) is 10.0. The summed E-state index contributed by atoms with van der Waals surface area (Å²) >= 11 is 0. The van der Waals surface area contributed by atoms with E-state index in [1.165, 1.54) is 12.1 Å². The zero-order valence-electron chi connectivity index (χ0n) is 9.98. The topological polar surface area (TPSA) is 108 Å². The summed E-state index contributed by atoms with van der Waals surface area (Å²) in [6.07, 6.45) is 1.15. The van der Waals surface area contributed by atoms with Crippen LogP contribution in [0, 0.1) is 0 Å². The summed E-state index contributed by atoms with van der Waals surface area (Å²) in [7, 11) is -3.74. The number of pyridine rings is 1. The number of sulfonamides is 1. The van der Waals surface area contributed by atoms with E-state index in [-0.39, 0.29) is 10.8 Å². The van der Waals surface area contributed by atoms with Gasteiger partial charge >= 0.3 is 0 Å². The molecule has 0 fully saturated rings. The summed E-state index contributed by atoms with van der Waals surface area (Å²) in [5.74, 6) is 0.861. The van der Waals surface area contributed by atoms with E-state index in [9.17, 15) is 8.42 Å². The minimum Gasteiger partial charge on any atom is -0.439 e. The number of hydrogen-bond donors (Lipinski definition) is 2. The van der Waals surface area contributed by atoms with Crippen LogP contribution in [-0.2, 0) is 16.6 Å². The number of aromatic nitrogens is 1. The third kappa shape index (κ3) is 3.50. The first-order valence-electron chi connectivity index (χ1n) is 5.45. The Morgan fingerprint density at radius 1 is 1.21 bits per heavy atom. The first kappa shape index (κ1) is 13.5. The molecule has 0 saturated heterocycles. The second kappa shape index (κ2) is 5.35. The van der Waals surface area contributed by atoms with Crippen LogP contribution < -0.4 is 15.6 Å². The highest BCUT2D eigenvalue weighted by Gasteiger charge is 2.08. The van der Waals surface area contributed by atoms with Crippen LogP contribution in [0.15, 0.2) is 47.5 Å². The molecule has 0 bridgehead atoms. The van der Waals surface area contributed by atoms with Crippen LogP contribution >= 0.6 is 0 Å². The Balaban J connectivity index is 2.19. The molecule has 4 N–H and O–H groups in total. The summed E-state index contributed by atoms with van der Waals surface area (Å²) in [6.45, 7) is 0.412. The van der Waals surface area contributed by atoms with E-state index in [1.54, 1.807) is 12.1 Å². The summed E-state index contributed by atoms with van der Waals surface area (Å²) in [5, 5.41) is 4.97. The van der Waals surface area contributed by atoms with E-state index in [0.29, 0.717) is 12.3 Å². The first-order valence-corrected chi connectivity index (χ1v) is 6.99. The molecule has 0 atom stereocenters. The second-order valence-electron chi connectivity index (χ2n) is 3.83. The Bertz CT molecular complexity index is 669.